The molecule has 0 bridgehead atoms. The fourth-order valence-electron chi connectivity index (χ4n) is 5.12. The van der Waals surface area contributed by atoms with Gasteiger partial charge in [0, 0.05) is 42.7 Å². The molecule has 0 radical (unpaired) electrons. The molecule has 154 valence electrons. The van der Waals surface area contributed by atoms with Crippen molar-refractivity contribution in [2.45, 2.75) is 43.6 Å². The summed E-state index contributed by atoms with van der Waals surface area (Å²) in [7, 11) is 0. The van der Waals surface area contributed by atoms with Gasteiger partial charge in [0.25, 0.3) is 0 Å². The van der Waals surface area contributed by atoms with Crippen molar-refractivity contribution in [2.24, 2.45) is 5.92 Å². The molecule has 0 aromatic heterocycles. The summed E-state index contributed by atoms with van der Waals surface area (Å²) in [6, 6.07) is 8.65. The molecule has 2 aliphatic heterocycles. The highest BCUT2D eigenvalue weighted by Crippen LogP contribution is 2.41. The third-order valence-electron chi connectivity index (χ3n) is 6.78. The summed E-state index contributed by atoms with van der Waals surface area (Å²) in [5.41, 5.74) is 0.778. The smallest absolute Gasteiger partial charge is 0.230 e. The Morgan fingerprint density at radius 3 is 2.50 bits per heavy atom. The molecule has 1 aliphatic carbocycles. The number of carbonyl (C=O) groups excluding carboxylic acids is 1. The molecule has 1 aromatic carbocycles. The fourth-order valence-corrected chi connectivity index (χ4v) is 5.38. The fraction of sp³-hybridized carbons (Fsp3) is 0.682. The zero-order valence-electron chi connectivity index (χ0n) is 16.5. The van der Waals surface area contributed by atoms with Crippen LogP contribution in [-0.2, 0) is 19.7 Å². The molecule has 1 saturated carbocycles. The number of hydrogen-bond acceptors (Lipinski definition) is 4. The Morgan fingerprint density at radius 2 is 1.86 bits per heavy atom. The summed E-state index contributed by atoms with van der Waals surface area (Å²) in [5, 5.41) is 3.36. The maximum atomic E-state index is 13.5. The van der Waals surface area contributed by atoms with E-state index in [4.69, 9.17) is 9.47 Å². The number of nitrogens with zero attached hydrogens (tertiary/aromatic N) is 1. The van der Waals surface area contributed by atoms with Crippen LogP contribution in [0.3, 0.4) is 0 Å². The Hall–Kier alpha value is -0.950. The summed E-state index contributed by atoms with van der Waals surface area (Å²) >= 11 is 3.51. The minimum Gasteiger partial charge on any atom is -0.381 e. The molecule has 28 heavy (non-hydrogen) atoms. The highest BCUT2D eigenvalue weighted by Gasteiger charge is 2.43. The molecule has 2 unspecified atom stereocenters. The molecule has 2 saturated heterocycles. The van der Waals surface area contributed by atoms with Gasteiger partial charge in [0.1, 0.15) is 0 Å². The van der Waals surface area contributed by atoms with Gasteiger partial charge in [-0.2, -0.15) is 0 Å². The van der Waals surface area contributed by atoms with Crippen LogP contribution < -0.4 is 5.32 Å². The van der Waals surface area contributed by atoms with Gasteiger partial charge in [-0.1, -0.05) is 40.9 Å². The average Bonchev–Trinajstić information content (AvgIpc) is 3.42. The number of benzene rings is 1. The molecule has 2 heterocycles. The number of carbonyl (C=O) groups is 1. The van der Waals surface area contributed by atoms with E-state index in [2.05, 4.69) is 50.4 Å². The Morgan fingerprint density at radius 1 is 1.14 bits per heavy atom. The Labute approximate surface area is 176 Å². The molecule has 5 nitrogen and oxygen atoms in total. The van der Waals surface area contributed by atoms with Crippen LogP contribution in [0.1, 0.15) is 37.7 Å². The molecule has 1 amide bonds. The third kappa shape index (κ3) is 4.30. The Balaban J connectivity index is 1.47. The minimum absolute atomic E-state index is 0.199. The summed E-state index contributed by atoms with van der Waals surface area (Å²) < 4.78 is 12.3. The second-order valence-corrected chi connectivity index (χ2v) is 9.26. The maximum absolute atomic E-state index is 13.5. The molecule has 3 aliphatic rings. The summed E-state index contributed by atoms with van der Waals surface area (Å²) in [6.07, 6.45) is 5.19. The van der Waals surface area contributed by atoms with Crippen molar-refractivity contribution in [3.05, 3.63) is 34.3 Å². The number of ether oxygens (including phenoxy) is 2. The van der Waals surface area contributed by atoms with Crippen LogP contribution in [0.2, 0.25) is 0 Å². The van der Waals surface area contributed by atoms with E-state index in [-0.39, 0.29) is 11.3 Å². The maximum Gasteiger partial charge on any atom is 0.230 e. The largest absolute Gasteiger partial charge is 0.381 e. The van der Waals surface area contributed by atoms with Gasteiger partial charge in [0.2, 0.25) is 5.91 Å². The highest BCUT2D eigenvalue weighted by atomic mass is 79.9. The second kappa shape index (κ2) is 9.24. The van der Waals surface area contributed by atoms with Crippen molar-refractivity contribution in [1.82, 2.24) is 10.2 Å². The van der Waals surface area contributed by atoms with Crippen LogP contribution in [0.5, 0.6) is 0 Å². The van der Waals surface area contributed by atoms with Crippen molar-refractivity contribution in [2.75, 3.05) is 46.1 Å². The highest BCUT2D eigenvalue weighted by molar-refractivity contribution is 9.10. The molecule has 6 heteroatoms. The van der Waals surface area contributed by atoms with Crippen LogP contribution in [0, 0.1) is 5.92 Å². The number of hydrogen-bond donors (Lipinski definition) is 1. The predicted octanol–water partition coefficient (Wildman–Crippen LogP) is 3.11. The zero-order chi connectivity index (χ0) is 19.4. The van der Waals surface area contributed by atoms with Crippen molar-refractivity contribution < 1.29 is 14.3 Å². The van der Waals surface area contributed by atoms with Crippen LogP contribution in [0.25, 0.3) is 0 Å². The summed E-state index contributed by atoms with van der Waals surface area (Å²) in [5.74, 6) is 0.690. The number of halogens is 1. The third-order valence-corrected chi connectivity index (χ3v) is 7.31. The van der Waals surface area contributed by atoms with Gasteiger partial charge in [-0.15, -0.1) is 0 Å². The molecule has 2 atom stereocenters. The van der Waals surface area contributed by atoms with E-state index in [0.717, 1.165) is 81.7 Å². The van der Waals surface area contributed by atoms with Crippen molar-refractivity contribution in [3.63, 3.8) is 0 Å². The van der Waals surface area contributed by atoms with E-state index in [1.807, 2.05) is 0 Å². The van der Waals surface area contributed by atoms with Gasteiger partial charge in [-0.3, -0.25) is 9.69 Å². The Bertz CT molecular complexity index is 648. The lowest BCUT2D eigenvalue weighted by molar-refractivity contribution is -0.127. The Kier molecular flexibility index (Phi) is 6.71. The van der Waals surface area contributed by atoms with E-state index in [0.29, 0.717) is 18.5 Å². The van der Waals surface area contributed by atoms with Gasteiger partial charge in [0.15, 0.2) is 0 Å². The molecular formula is C22H31BrN2O3. The monoisotopic (exact) mass is 450 g/mol. The average molecular weight is 451 g/mol. The first-order valence-electron chi connectivity index (χ1n) is 10.6. The molecular weight excluding hydrogens is 420 g/mol. The van der Waals surface area contributed by atoms with Crippen LogP contribution in [0.15, 0.2) is 28.7 Å². The van der Waals surface area contributed by atoms with Crippen LogP contribution >= 0.6 is 15.9 Å². The second-order valence-electron chi connectivity index (χ2n) is 8.35. The lowest BCUT2D eigenvalue weighted by Gasteiger charge is -2.38. The predicted molar refractivity (Wildman–Crippen MR) is 112 cm³/mol. The first kappa shape index (κ1) is 20.3. The van der Waals surface area contributed by atoms with E-state index in [9.17, 15) is 4.79 Å². The summed E-state index contributed by atoms with van der Waals surface area (Å²) in [6.45, 7) is 5.77. The molecule has 1 N–H and O–H groups in total. The molecule has 3 fully saturated rings. The molecule has 1 aromatic rings. The van der Waals surface area contributed by atoms with Gasteiger partial charge in [-0.25, -0.2) is 0 Å². The zero-order valence-corrected chi connectivity index (χ0v) is 18.1. The molecule has 0 spiro atoms. The molecule has 4 rings (SSSR count). The lowest BCUT2D eigenvalue weighted by atomic mass is 9.78. The topological polar surface area (TPSA) is 50.8 Å². The number of rotatable bonds is 6. The lowest BCUT2D eigenvalue weighted by Crippen LogP contribution is -2.54. The first-order chi connectivity index (χ1) is 13.7. The van der Waals surface area contributed by atoms with Crippen LogP contribution in [-0.4, -0.2) is 62.9 Å². The normalized spacial score (nSPS) is 26.2. The van der Waals surface area contributed by atoms with Crippen molar-refractivity contribution in [1.29, 1.82) is 0 Å². The van der Waals surface area contributed by atoms with E-state index in [1.165, 1.54) is 0 Å². The SMILES string of the molecule is O=C(NCC(C1CCOC1)N1CCOCC1)C1(c2ccc(Br)cc2)CCCC1. The standard InChI is InChI=1S/C22H31BrN2O3/c23-19-5-3-18(4-6-19)22(8-1-2-9-22)21(26)24-15-20(17-7-12-28-16-17)25-10-13-27-14-11-25/h3-6,17,20H,1-2,7-16H2,(H,24,26). The minimum atomic E-state index is -0.373. The van der Waals surface area contributed by atoms with E-state index < -0.39 is 0 Å². The van der Waals surface area contributed by atoms with Crippen LogP contribution in [0.4, 0.5) is 0 Å². The van der Waals surface area contributed by atoms with Gasteiger partial charge in [0.05, 0.1) is 25.2 Å². The van der Waals surface area contributed by atoms with E-state index in [1.54, 1.807) is 0 Å². The van der Waals surface area contributed by atoms with Crippen molar-refractivity contribution >= 4 is 21.8 Å². The van der Waals surface area contributed by atoms with E-state index >= 15 is 0 Å². The van der Waals surface area contributed by atoms with Crippen molar-refractivity contribution in [3.8, 4) is 0 Å². The number of nitrogens with one attached hydrogen (secondary N) is 1. The summed E-state index contributed by atoms with van der Waals surface area (Å²) in [4.78, 5) is 15.9. The van der Waals surface area contributed by atoms with Gasteiger partial charge >= 0.3 is 0 Å². The quantitative estimate of drug-likeness (QED) is 0.723. The van der Waals surface area contributed by atoms with Gasteiger partial charge in [-0.05, 0) is 37.0 Å². The number of morpholine rings is 1. The first-order valence-corrected chi connectivity index (χ1v) is 11.4. The number of amides is 1. The van der Waals surface area contributed by atoms with Gasteiger partial charge < -0.3 is 14.8 Å².